The second-order valence-corrected chi connectivity index (χ2v) is 2.20. The Hall–Kier alpha value is -0.895. The van der Waals surface area contributed by atoms with E-state index in [0.29, 0.717) is 5.69 Å². The molecule has 0 unspecified atom stereocenters. The van der Waals surface area contributed by atoms with Crippen molar-refractivity contribution in [3.8, 4) is 0 Å². The fraction of sp³-hybridized carbons (Fsp3) is 0. The number of hydrogen-bond acceptors (Lipinski definition) is 3. The van der Waals surface area contributed by atoms with E-state index >= 15 is 0 Å². The van der Waals surface area contributed by atoms with Crippen LogP contribution < -0.4 is 17.1 Å². The third-order valence-corrected chi connectivity index (χ3v) is 1.51. The smallest absolute Gasteiger partial charge is 0.143 e. The van der Waals surface area contributed by atoms with E-state index in [9.17, 15) is 0 Å². The Kier molecular flexibility index (Phi) is 1.72. The van der Waals surface area contributed by atoms with Crippen molar-refractivity contribution in [2.75, 3.05) is 11.5 Å². The third kappa shape index (κ3) is 1.02. The molecule has 2 radical (unpaired) electrons. The first-order valence-corrected chi connectivity index (χ1v) is 2.95. The molecule has 0 aliphatic rings. The minimum absolute atomic E-state index is 0.202. The zero-order valence-electron chi connectivity index (χ0n) is 5.13. The summed E-state index contributed by atoms with van der Waals surface area (Å²) >= 11 is 5.59. The van der Waals surface area contributed by atoms with E-state index in [0.717, 1.165) is 0 Å². The van der Waals surface area contributed by atoms with E-state index in [4.69, 9.17) is 30.9 Å². The molecule has 0 bridgehead atoms. The standard InChI is InChI=1S/C5H5BClN3/c6-5-3(7)4(9)2(8)1-10-5/h1H,8H2,(H2,9,10). The van der Waals surface area contributed by atoms with Crippen LogP contribution in [0.2, 0.25) is 5.02 Å². The summed E-state index contributed by atoms with van der Waals surface area (Å²) in [5, 5.41) is 0.222. The first-order valence-electron chi connectivity index (χ1n) is 2.58. The molecule has 0 spiro atoms. The highest BCUT2D eigenvalue weighted by Crippen LogP contribution is 2.19. The molecule has 0 aliphatic heterocycles. The molecule has 0 amide bonds. The normalized spacial score (nSPS) is 9.70. The molecule has 0 aliphatic carbocycles. The Bertz CT molecular complexity index is 236. The van der Waals surface area contributed by atoms with Crippen LogP contribution in [-0.2, 0) is 0 Å². The lowest BCUT2D eigenvalue weighted by atomic mass is 10.0. The fourth-order valence-electron chi connectivity index (χ4n) is 0.530. The molecule has 4 N–H and O–H groups in total. The fourth-order valence-corrected chi connectivity index (χ4v) is 0.688. The van der Waals surface area contributed by atoms with Crippen LogP contribution in [0.3, 0.4) is 0 Å². The first-order chi connectivity index (χ1) is 4.63. The van der Waals surface area contributed by atoms with Gasteiger partial charge in [-0.15, -0.1) is 0 Å². The zero-order valence-corrected chi connectivity index (χ0v) is 5.89. The maximum atomic E-state index is 5.59. The number of nitrogens with zero attached hydrogens (tertiary/aromatic N) is 1. The van der Waals surface area contributed by atoms with E-state index < -0.39 is 0 Å². The van der Waals surface area contributed by atoms with Gasteiger partial charge in [-0.05, 0) is 0 Å². The van der Waals surface area contributed by atoms with Gasteiger partial charge in [0.1, 0.15) is 7.85 Å². The van der Waals surface area contributed by atoms with E-state index in [1.165, 1.54) is 6.20 Å². The molecule has 0 fully saturated rings. The molecule has 0 saturated carbocycles. The average Bonchev–Trinajstić information content (AvgIpc) is 1.93. The van der Waals surface area contributed by atoms with Crippen molar-refractivity contribution in [1.29, 1.82) is 0 Å². The Morgan fingerprint density at radius 2 is 2.10 bits per heavy atom. The van der Waals surface area contributed by atoms with Gasteiger partial charge in [-0.1, -0.05) is 11.6 Å². The van der Waals surface area contributed by atoms with E-state index in [2.05, 4.69) is 4.98 Å². The molecule has 1 rings (SSSR count). The van der Waals surface area contributed by atoms with Gasteiger partial charge in [0.25, 0.3) is 0 Å². The Morgan fingerprint density at radius 3 is 2.60 bits per heavy atom. The largest absolute Gasteiger partial charge is 0.396 e. The second-order valence-electron chi connectivity index (χ2n) is 1.83. The Morgan fingerprint density at radius 1 is 1.50 bits per heavy atom. The summed E-state index contributed by atoms with van der Waals surface area (Å²) in [6, 6.07) is 0. The molecule has 0 atom stereocenters. The minimum atomic E-state index is 0.202. The van der Waals surface area contributed by atoms with Crippen molar-refractivity contribution in [1.82, 2.24) is 4.98 Å². The van der Waals surface area contributed by atoms with Crippen molar-refractivity contribution >= 4 is 36.4 Å². The molecular weight excluding hydrogens is 148 g/mol. The monoisotopic (exact) mass is 153 g/mol. The number of halogens is 1. The van der Waals surface area contributed by atoms with E-state index in [-0.39, 0.29) is 16.3 Å². The van der Waals surface area contributed by atoms with Crippen LogP contribution in [0.25, 0.3) is 0 Å². The maximum Gasteiger partial charge on any atom is 0.143 e. The molecule has 0 saturated heterocycles. The highest BCUT2D eigenvalue weighted by molar-refractivity contribution is 6.46. The topological polar surface area (TPSA) is 64.9 Å². The number of hydrogen-bond donors (Lipinski definition) is 2. The molecule has 3 nitrogen and oxygen atoms in total. The number of rotatable bonds is 0. The highest BCUT2D eigenvalue weighted by Gasteiger charge is 2.02. The lowest BCUT2D eigenvalue weighted by Gasteiger charge is -2.03. The van der Waals surface area contributed by atoms with Gasteiger partial charge in [-0.2, -0.15) is 0 Å². The summed E-state index contributed by atoms with van der Waals surface area (Å²) in [4.78, 5) is 3.68. The van der Waals surface area contributed by atoms with Gasteiger partial charge in [-0.3, -0.25) is 4.98 Å². The Balaban J connectivity index is 3.34. The maximum absolute atomic E-state index is 5.59. The van der Waals surface area contributed by atoms with Crippen molar-refractivity contribution in [3.63, 3.8) is 0 Å². The summed E-state index contributed by atoms with van der Waals surface area (Å²) in [5.74, 6) is 0. The van der Waals surface area contributed by atoms with E-state index in [1.807, 2.05) is 0 Å². The number of pyridine rings is 1. The quantitative estimate of drug-likeness (QED) is 0.503. The predicted octanol–water partition coefficient (Wildman–Crippen LogP) is -0.307. The molecular formula is C5H5BClN3. The van der Waals surface area contributed by atoms with Crippen LogP contribution >= 0.6 is 11.6 Å². The lowest BCUT2D eigenvalue weighted by molar-refractivity contribution is 1.39. The van der Waals surface area contributed by atoms with Gasteiger partial charge >= 0.3 is 0 Å². The SMILES string of the molecule is [B]c1ncc(N)c(N)c1Cl. The summed E-state index contributed by atoms with van der Waals surface area (Å²) < 4.78 is 0. The number of aromatic nitrogens is 1. The van der Waals surface area contributed by atoms with Gasteiger partial charge in [0, 0.05) is 5.59 Å². The van der Waals surface area contributed by atoms with Crippen LogP contribution in [0.1, 0.15) is 0 Å². The zero-order chi connectivity index (χ0) is 7.72. The predicted molar refractivity (Wildman–Crippen MR) is 43.5 cm³/mol. The number of nitrogens with two attached hydrogens (primary N) is 2. The van der Waals surface area contributed by atoms with Gasteiger partial charge < -0.3 is 11.5 Å². The van der Waals surface area contributed by atoms with Gasteiger partial charge in [-0.25, -0.2) is 0 Å². The van der Waals surface area contributed by atoms with Crippen LogP contribution in [0.5, 0.6) is 0 Å². The van der Waals surface area contributed by atoms with Crippen molar-refractivity contribution in [2.45, 2.75) is 0 Å². The molecule has 5 heteroatoms. The number of anilines is 2. The summed E-state index contributed by atoms with van der Waals surface area (Å²) in [6.07, 6.45) is 1.37. The molecule has 10 heavy (non-hydrogen) atoms. The molecule has 0 aromatic carbocycles. The highest BCUT2D eigenvalue weighted by atomic mass is 35.5. The summed E-state index contributed by atoms with van der Waals surface area (Å²) in [6.45, 7) is 0. The van der Waals surface area contributed by atoms with Crippen molar-refractivity contribution in [2.24, 2.45) is 0 Å². The first kappa shape index (κ1) is 7.21. The Labute approximate surface area is 64.8 Å². The summed E-state index contributed by atoms with van der Waals surface area (Å²) in [7, 11) is 5.31. The number of nitrogen functional groups attached to an aromatic ring is 2. The van der Waals surface area contributed by atoms with E-state index in [1.54, 1.807) is 0 Å². The van der Waals surface area contributed by atoms with Crippen LogP contribution in [0.4, 0.5) is 11.4 Å². The van der Waals surface area contributed by atoms with Crippen molar-refractivity contribution in [3.05, 3.63) is 11.2 Å². The lowest BCUT2D eigenvalue weighted by Crippen LogP contribution is -2.12. The minimum Gasteiger partial charge on any atom is -0.396 e. The van der Waals surface area contributed by atoms with Gasteiger partial charge in [0.05, 0.1) is 22.6 Å². The van der Waals surface area contributed by atoms with Crippen LogP contribution in [0.15, 0.2) is 6.20 Å². The molecule has 50 valence electrons. The molecule has 1 heterocycles. The van der Waals surface area contributed by atoms with Gasteiger partial charge in [0.15, 0.2) is 0 Å². The third-order valence-electron chi connectivity index (χ3n) is 1.12. The van der Waals surface area contributed by atoms with Gasteiger partial charge in [0.2, 0.25) is 0 Å². The molecule has 1 aromatic heterocycles. The van der Waals surface area contributed by atoms with Crippen molar-refractivity contribution < 1.29 is 0 Å². The average molecular weight is 153 g/mol. The van der Waals surface area contributed by atoms with Crippen LogP contribution in [-0.4, -0.2) is 12.8 Å². The molecule has 1 aromatic rings. The summed E-state index contributed by atoms with van der Waals surface area (Å²) in [5.41, 5.74) is 11.6. The van der Waals surface area contributed by atoms with Crippen LogP contribution in [0, 0.1) is 0 Å². The second kappa shape index (κ2) is 2.38.